The summed E-state index contributed by atoms with van der Waals surface area (Å²) in [5.74, 6) is -0.929. The second-order valence-electron chi connectivity index (χ2n) is 5.93. The highest BCUT2D eigenvalue weighted by molar-refractivity contribution is 6.01. The molecule has 0 bridgehead atoms. The third-order valence-corrected chi connectivity index (χ3v) is 4.32. The maximum atomic E-state index is 12.7. The highest BCUT2D eigenvalue weighted by atomic mass is 16.5. The Labute approximate surface area is 147 Å². The molecule has 0 spiro atoms. The van der Waals surface area contributed by atoms with Crippen LogP contribution in [0.25, 0.3) is 0 Å². The molecule has 2 rings (SSSR count). The minimum atomic E-state index is -1.02. The highest BCUT2D eigenvalue weighted by Crippen LogP contribution is 2.44. The number of nitrogens with zero attached hydrogens (tertiary/aromatic N) is 1. The van der Waals surface area contributed by atoms with Gasteiger partial charge >= 0.3 is 11.9 Å². The number of ether oxygens (including phenoxy) is 2. The maximum absolute atomic E-state index is 12.7. The van der Waals surface area contributed by atoms with Crippen LogP contribution in [0.1, 0.15) is 40.2 Å². The SMILES string of the molecule is CCOC(=O)C1=C(C)NC(C)=C(C(=O)OCC)C1(C)c1cccnc1. The predicted molar refractivity (Wildman–Crippen MR) is 93.4 cm³/mol. The monoisotopic (exact) mass is 344 g/mol. The van der Waals surface area contributed by atoms with Crippen LogP contribution >= 0.6 is 0 Å². The van der Waals surface area contributed by atoms with Crippen LogP contribution in [0.4, 0.5) is 0 Å². The van der Waals surface area contributed by atoms with Crippen LogP contribution < -0.4 is 5.32 Å². The molecule has 0 aliphatic carbocycles. The zero-order valence-electron chi connectivity index (χ0n) is 15.3. The molecule has 1 aromatic rings. The molecule has 1 aromatic heterocycles. The van der Waals surface area contributed by atoms with Crippen molar-refractivity contribution in [3.8, 4) is 0 Å². The van der Waals surface area contributed by atoms with Crippen LogP contribution in [0.15, 0.2) is 47.1 Å². The van der Waals surface area contributed by atoms with Gasteiger partial charge in [-0.3, -0.25) is 4.98 Å². The lowest BCUT2D eigenvalue weighted by atomic mass is 9.67. The molecule has 25 heavy (non-hydrogen) atoms. The van der Waals surface area contributed by atoms with Gasteiger partial charge in [0.15, 0.2) is 0 Å². The lowest BCUT2D eigenvalue weighted by molar-refractivity contribution is -0.140. The van der Waals surface area contributed by atoms with Crippen molar-refractivity contribution in [3.05, 3.63) is 52.6 Å². The summed E-state index contributed by atoms with van der Waals surface area (Å²) in [4.78, 5) is 29.6. The lowest BCUT2D eigenvalue weighted by Gasteiger charge is -2.38. The average molecular weight is 344 g/mol. The van der Waals surface area contributed by atoms with E-state index >= 15 is 0 Å². The molecular formula is C19H24N2O4. The topological polar surface area (TPSA) is 77.5 Å². The number of hydrogen-bond acceptors (Lipinski definition) is 6. The summed E-state index contributed by atoms with van der Waals surface area (Å²) < 4.78 is 10.5. The Morgan fingerprint density at radius 2 is 1.60 bits per heavy atom. The fourth-order valence-electron chi connectivity index (χ4n) is 3.35. The van der Waals surface area contributed by atoms with E-state index in [1.165, 1.54) is 0 Å². The van der Waals surface area contributed by atoms with Gasteiger partial charge < -0.3 is 14.8 Å². The Kier molecular flexibility index (Phi) is 5.62. The summed E-state index contributed by atoms with van der Waals surface area (Å²) in [6.07, 6.45) is 3.31. The Morgan fingerprint density at radius 3 is 2.00 bits per heavy atom. The van der Waals surface area contributed by atoms with Crippen molar-refractivity contribution in [3.63, 3.8) is 0 Å². The zero-order chi connectivity index (χ0) is 18.6. The zero-order valence-corrected chi connectivity index (χ0v) is 15.3. The summed E-state index contributed by atoms with van der Waals surface area (Å²) in [6.45, 7) is 9.42. The Bertz CT molecular complexity index is 695. The minimum Gasteiger partial charge on any atom is -0.463 e. The van der Waals surface area contributed by atoms with Crippen LogP contribution in [-0.4, -0.2) is 30.1 Å². The Morgan fingerprint density at radius 1 is 1.08 bits per heavy atom. The van der Waals surface area contributed by atoms with Gasteiger partial charge in [0.25, 0.3) is 0 Å². The molecule has 0 aromatic carbocycles. The first kappa shape index (κ1) is 18.7. The summed E-state index contributed by atoms with van der Waals surface area (Å²) in [5.41, 5.74) is 1.77. The summed E-state index contributed by atoms with van der Waals surface area (Å²) in [5, 5.41) is 3.12. The number of esters is 2. The van der Waals surface area contributed by atoms with Crippen LogP contribution in [0.2, 0.25) is 0 Å². The molecule has 0 unspecified atom stereocenters. The molecule has 0 amide bonds. The molecule has 6 heteroatoms. The number of dihydropyridines is 1. The van der Waals surface area contributed by atoms with Crippen molar-refractivity contribution in [2.45, 2.75) is 40.0 Å². The second-order valence-corrected chi connectivity index (χ2v) is 5.93. The maximum Gasteiger partial charge on any atom is 0.337 e. The fraction of sp³-hybridized carbons (Fsp3) is 0.421. The minimum absolute atomic E-state index is 0.246. The van der Waals surface area contributed by atoms with Gasteiger partial charge in [-0.05, 0) is 46.2 Å². The van der Waals surface area contributed by atoms with Crippen molar-refractivity contribution < 1.29 is 19.1 Å². The third-order valence-electron chi connectivity index (χ3n) is 4.32. The normalized spacial score (nSPS) is 16.4. The molecule has 1 N–H and O–H groups in total. The first-order valence-electron chi connectivity index (χ1n) is 8.32. The van der Waals surface area contributed by atoms with Gasteiger partial charge in [0.1, 0.15) is 0 Å². The first-order chi connectivity index (χ1) is 11.9. The first-order valence-corrected chi connectivity index (χ1v) is 8.32. The van der Waals surface area contributed by atoms with E-state index in [4.69, 9.17) is 9.47 Å². The van der Waals surface area contributed by atoms with E-state index in [2.05, 4.69) is 10.3 Å². The van der Waals surface area contributed by atoms with Gasteiger partial charge in [0.05, 0.1) is 29.8 Å². The van der Waals surface area contributed by atoms with Crippen LogP contribution in [0, 0.1) is 0 Å². The van der Waals surface area contributed by atoms with Gasteiger partial charge in [-0.1, -0.05) is 6.07 Å². The van der Waals surface area contributed by atoms with E-state index in [-0.39, 0.29) is 13.2 Å². The number of carbonyl (C=O) groups excluding carboxylic acids is 2. The van der Waals surface area contributed by atoms with Crippen molar-refractivity contribution in [1.29, 1.82) is 0 Å². The molecule has 6 nitrogen and oxygen atoms in total. The van der Waals surface area contributed by atoms with E-state index in [1.807, 2.05) is 13.0 Å². The number of hydrogen-bond donors (Lipinski definition) is 1. The smallest absolute Gasteiger partial charge is 0.337 e. The van der Waals surface area contributed by atoms with Crippen LogP contribution in [-0.2, 0) is 24.5 Å². The quantitative estimate of drug-likeness (QED) is 0.828. The summed E-state index contributed by atoms with van der Waals surface area (Å²) in [6, 6.07) is 3.62. The van der Waals surface area contributed by atoms with Crippen molar-refractivity contribution >= 4 is 11.9 Å². The highest BCUT2D eigenvalue weighted by Gasteiger charge is 2.48. The van der Waals surface area contributed by atoms with Crippen molar-refractivity contribution in [1.82, 2.24) is 10.3 Å². The molecule has 1 aliphatic rings. The molecule has 0 atom stereocenters. The lowest BCUT2D eigenvalue weighted by Crippen LogP contribution is -2.43. The van der Waals surface area contributed by atoms with E-state index in [0.717, 1.165) is 5.56 Å². The fourth-order valence-corrected chi connectivity index (χ4v) is 3.35. The molecule has 134 valence electrons. The van der Waals surface area contributed by atoms with Gasteiger partial charge in [-0.2, -0.15) is 0 Å². The molecule has 0 fully saturated rings. The standard InChI is InChI=1S/C19H24N2O4/c1-6-24-17(22)15-12(3)21-13(4)16(18(23)25-7-2)19(15,5)14-9-8-10-20-11-14/h8-11,21H,6-7H2,1-5H3. The predicted octanol–water partition coefficient (Wildman–Crippen LogP) is 2.62. The molecule has 0 saturated heterocycles. The number of pyridine rings is 1. The third kappa shape index (κ3) is 3.29. The van der Waals surface area contributed by atoms with Gasteiger partial charge in [0, 0.05) is 23.8 Å². The van der Waals surface area contributed by atoms with Gasteiger partial charge in [0.2, 0.25) is 0 Å². The number of carbonyl (C=O) groups is 2. The van der Waals surface area contributed by atoms with Crippen LogP contribution in [0.5, 0.6) is 0 Å². The van der Waals surface area contributed by atoms with E-state index < -0.39 is 17.4 Å². The number of nitrogens with one attached hydrogen (secondary N) is 1. The number of rotatable bonds is 5. The average Bonchev–Trinajstić information content (AvgIpc) is 2.55. The number of allylic oxidation sites excluding steroid dienone is 2. The summed E-state index contributed by atoms with van der Waals surface area (Å²) in [7, 11) is 0. The van der Waals surface area contributed by atoms with Gasteiger partial charge in [-0.25, -0.2) is 9.59 Å². The van der Waals surface area contributed by atoms with Crippen LogP contribution in [0.3, 0.4) is 0 Å². The Hall–Kier alpha value is -2.63. The largest absolute Gasteiger partial charge is 0.463 e. The van der Waals surface area contributed by atoms with Crippen molar-refractivity contribution in [2.24, 2.45) is 0 Å². The molecule has 1 aliphatic heterocycles. The summed E-state index contributed by atoms with van der Waals surface area (Å²) >= 11 is 0. The molecular weight excluding hydrogens is 320 g/mol. The Balaban J connectivity index is 2.73. The van der Waals surface area contributed by atoms with Gasteiger partial charge in [-0.15, -0.1) is 0 Å². The molecule has 2 heterocycles. The molecule has 0 radical (unpaired) electrons. The second kappa shape index (κ2) is 7.51. The molecule has 0 saturated carbocycles. The number of aromatic nitrogens is 1. The van der Waals surface area contributed by atoms with E-state index in [9.17, 15) is 9.59 Å². The van der Waals surface area contributed by atoms with E-state index in [0.29, 0.717) is 22.5 Å². The van der Waals surface area contributed by atoms with Crippen molar-refractivity contribution in [2.75, 3.05) is 13.2 Å². The van der Waals surface area contributed by atoms with E-state index in [1.54, 1.807) is 46.2 Å².